The van der Waals surface area contributed by atoms with Gasteiger partial charge in [-0.15, -0.1) is 0 Å². The Balaban J connectivity index is 2.29. The number of carbonyl (C=O) groups excluding carboxylic acids is 1. The van der Waals surface area contributed by atoms with E-state index in [9.17, 15) is 9.18 Å². The summed E-state index contributed by atoms with van der Waals surface area (Å²) in [6.45, 7) is 2.21. The van der Waals surface area contributed by atoms with Crippen molar-refractivity contribution < 1.29 is 18.7 Å². The lowest BCUT2D eigenvalue weighted by molar-refractivity contribution is -0.143. The monoisotopic (exact) mass is 238 g/mol. The Kier molecular flexibility index (Phi) is 3.05. The van der Waals surface area contributed by atoms with E-state index in [4.69, 9.17) is 9.47 Å². The molecular weight excluding hydrogens is 223 g/mol. The van der Waals surface area contributed by atoms with Gasteiger partial charge in [-0.25, -0.2) is 4.39 Å². The quantitative estimate of drug-likeness (QED) is 0.756. The van der Waals surface area contributed by atoms with Gasteiger partial charge in [-0.3, -0.25) is 4.79 Å². The van der Waals surface area contributed by atoms with Crippen LogP contribution in [0.25, 0.3) is 0 Å². The Labute approximate surface area is 99.5 Å². The highest BCUT2D eigenvalue weighted by Crippen LogP contribution is 2.49. The van der Waals surface area contributed by atoms with Crippen LogP contribution in [0.5, 0.6) is 5.75 Å². The molecule has 0 spiro atoms. The fraction of sp³-hybridized carbons (Fsp3) is 0.462. The lowest BCUT2D eigenvalue weighted by atomic mass is 9.96. The van der Waals surface area contributed by atoms with Crippen molar-refractivity contribution in [3.05, 3.63) is 29.6 Å². The highest BCUT2D eigenvalue weighted by molar-refractivity contribution is 5.86. The lowest BCUT2D eigenvalue weighted by Gasteiger charge is -2.14. The second-order valence-electron chi connectivity index (χ2n) is 4.15. The van der Waals surface area contributed by atoms with Crippen molar-refractivity contribution in [2.24, 2.45) is 0 Å². The zero-order chi connectivity index (χ0) is 12.5. The summed E-state index contributed by atoms with van der Waals surface area (Å²) in [5.41, 5.74) is 0.0469. The van der Waals surface area contributed by atoms with Gasteiger partial charge in [-0.1, -0.05) is 6.07 Å². The van der Waals surface area contributed by atoms with Crippen LogP contribution in [0.4, 0.5) is 4.39 Å². The molecule has 1 aliphatic carbocycles. The van der Waals surface area contributed by atoms with Crippen molar-refractivity contribution in [3.63, 3.8) is 0 Å². The number of esters is 1. The average Bonchev–Trinajstić information content (AvgIpc) is 3.12. The van der Waals surface area contributed by atoms with Crippen LogP contribution in [0.1, 0.15) is 25.3 Å². The minimum Gasteiger partial charge on any atom is -0.491 e. The van der Waals surface area contributed by atoms with Gasteiger partial charge in [0.2, 0.25) is 0 Å². The normalized spacial score (nSPS) is 16.4. The third-order valence-electron chi connectivity index (χ3n) is 3.11. The van der Waals surface area contributed by atoms with Crippen molar-refractivity contribution >= 4 is 5.97 Å². The Morgan fingerprint density at radius 1 is 1.47 bits per heavy atom. The largest absolute Gasteiger partial charge is 0.491 e. The number of hydrogen-bond donors (Lipinski definition) is 0. The first kappa shape index (κ1) is 11.9. The molecule has 0 saturated heterocycles. The van der Waals surface area contributed by atoms with Crippen LogP contribution in [-0.2, 0) is 14.9 Å². The first-order chi connectivity index (χ1) is 8.14. The molecule has 0 bridgehead atoms. The SMILES string of the molecule is CCOc1ccc(C2(C(=O)OC)CC2)cc1F. The van der Waals surface area contributed by atoms with Crippen LogP contribution in [0.3, 0.4) is 0 Å². The number of carbonyl (C=O) groups is 1. The fourth-order valence-electron chi connectivity index (χ4n) is 2.00. The molecule has 3 nitrogen and oxygen atoms in total. The molecule has 1 aromatic rings. The standard InChI is InChI=1S/C13H15FO3/c1-3-17-11-5-4-9(8-10(11)14)13(6-7-13)12(15)16-2/h4-5,8H,3,6-7H2,1-2H3. The van der Waals surface area contributed by atoms with Crippen LogP contribution in [0.2, 0.25) is 0 Å². The number of ether oxygens (including phenoxy) is 2. The molecule has 0 amide bonds. The van der Waals surface area contributed by atoms with Crippen LogP contribution in [0.15, 0.2) is 18.2 Å². The molecule has 0 N–H and O–H groups in total. The van der Waals surface area contributed by atoms with Gasteiger partial charge in [-0.2, -0.15) is 0 Å². The average molecular weight is 238 g/mol. The van der Waals surface area contributed by atoms with Crippen LogP contribution in [-0.4, -0.2) is 19.7 Å². The summed E-state index contributed by atoms with van der Waals surface area (Å²) >= 11 is 0. The molecule has 0 aromatic heterocycles. The molecule has 0 radical (unpaired) electrons. The van der Waals surface area contributed by atoms with E-state index in [1.165, 1.54) is 13.2 Å². The van der Waals surface area contributed by atoms with E-state index in [0.717, 1.165) is 0 Å². The maximum absolute atomic E-state index is 13.7. The third kappa shape index (κ3) is 1.99. The topological polar surface area (TPSA) is 35.5 Å². The Morgan fingerprint density at radius 2 is 2.18 bits per heavy atom. The zero-order valence-electron chi connectivity index (χ0n) is 9.96. The van der Waals surface area contributed by atoms with Crippen molar-refractivity contribution in [3.8, 4) is 5.75 Å². The number of halogens is 1. The Bertz CT molecular complexity index is 438. The molecule has 0 aliphatic heterocycles. The summed E-state index contributed by atoms with van der Waals surface area (Å²) in [4.78, 5) is 11.6. The Morgan fingerprint density at radius 3 is 2.65 bits per heavy atom. The van der Waals surface area contributed by atoms with Gasteiger partial charge in [0.1, 0.15) is 0 Å². The molecule has 92 valence electrons. The highest BCUT2D eigenvalue weighted by atomic mass is 19.1. The molecule has 1 aliphatic rings. The van der Waals surface area contributed by atoms with E-state index in [0.29, 0.717) is 25.0 Å². The molecule has 2 rings (SSSR count). The molecule has 4 heteroatoms. The first-order valence-electron chi connectivity index (χ1n) is 5.65. The van der Waals surface area contributed by atoms with E-state index in [1.54, 1.807) is 19.1 Å². The van der Waals surface area contributed by atoms with Gasteiger partial charge in [0, 0.05) is 0 Å². The molecule has 17 heavy (non-hydrogen) atoms. The van der Waals surface area contributed by atoms with Crippen LogP contribution in [0, 0.1) is 5.82 Å². The second-order valence-corrected chi connectivity index (χ2v) is 4.15. The van der Waals surface area contributed by atoms with Gasteiger partial charge in [0.15, 0.2) is 11.6 Å². The third-order valence-corrected chi connectivity index (χ3v) is 3.11. The van der Waals surface area contributed by atoms with Gasteiger partial charge in [0.05, 0.1) is 19.1 Å². The molecule has 1 fully saturated rings. The summed E-state index contributed by atoms with van der Waals surface area (Å²) < 4.78 is 23.6. The summed E-state index contributed by atoms with van der Waals surface area (Å²) in [5.74, 6) is -0.502. The summed E-state index contributed by atoms with van der Waals surface area (Å²) in [6.07, 6.45) is 1.43. The minimum atomic E-state index is -0.625. The molecular formula is C13H15FO3. The maximum Gasteiger partial charge on any atom is 0.316 e. The second kappa shape index (κ2) is 4.35. The van der Waals surface area contributed by atoms with Crippen LogP contribution >= 0.6 is 0 Å². The highest BCUT2D eigenvalue weighted by Gasteiger charge is 2.52. The van der Waals surface area contributed by atoms with Crippen LogP contribution < -0.4 is 4.74 Å². The number of methoxy groups -OCH3 is 1. The van der Waals surface area contributed by atoms with Gasteiger partial charge >= 0.3 is 5.97 Å². The van der Waals surface area contributed by atoms with Gasteiger partial charge in [-0.05, 0) is 37.5 Å². The predicted octanol–water partition coefficient (Wildman–Crippen LogP) is 2.43. The molecule has 0 heterocycles. The number of hydrogen-bond acceptors (Lipinski definition) is 3. The van der Waals surface area contributed by atoms with Crippen molar-refractivity contribution in [1.82, 2.24) is 0 Å². The maximum atomic E-state index is 13.7. The lowest BCUT2D eigenvalue weighted by Crippen LogP contribution is -2.22. The summed E-state index contributed by atoms with van der Waals surface area (Å²) in [7, 11) is 1.35. The smallest absolute Gasteiger partial charge is 0.316 e. The van der Waals surface area contributed by atoms with E-state index in [2.05, 4.69) is 0 Å². The molecule has 0 atom stereocenters. The first-order valence-corrected chi connectivity index (χ1v) is 5.65. The minimum absolute atomic E-state index is 0.219. The van der Waals surface area contributed by atoms with E-state index < -0.39 is 11.2 Å². The van der Waals surface area contributed by atoms with Gasteiger partial charge < -0.3 is 9.47 Å². The van der Waals surface area contributed by atoms with E-state index in [1.807, 2.05) is 0 Å². The zero-order valence-corrected chi connectivity index (χ0v) is 9.96. The molecule has 0 unspecified atom stereocenters. The Hall–Kier alpha value is -1.58. The number of benzene rings is 1. The fourth-order valence-corrected chi connectivity index (χ4v) is 2.00. The van der Waals surface area contributed by atoms with Crippen molar-refractivity contribution in [2.75, 3.05) is 13.7 Å². The molecule has 1 aromatic carbocycles. The van der Waals surface area contributed by atoms with Gasteiger partial charge in [0.25, 0.3) is 0 Å². The summed E-state index contributed by atoms with van der Waals surface area (Å²) in [6, 6.07) is 4.67. The van der Waals surface area contributed by atoms with Crippen molar-refractivity contribution in [2.45, 2.75) is 25.2 Å². The van der Waals surface area contributed by atoms with Crippen molar-refractivity contribution in [1.29, 1.82) is 0 Å². The number of rotatable bonds is 4. The van der Waals surface area contributed by atoms with E-state index >= 15 is 0 Å². The molecule has 1 saturated carbocycles. The van der Waals surface area contributed by atoms with E-state index in [-0.39, 0.29) is 11.7 Å². The summed E-state index contributed by atoms with van der Waals surface area (Å²) in [5, 5.41) is 0. The predicted molar refractivity (Wildman–Crippen MR) is 60.5 cm³/mol.